The van der Waals surface area contributed by atoms with Crippen LogP contribution < -0.4 is 15.1 Å². The number of nitrogens with one attached hydrogen (secondary N) is 1. The first-order valence-electron chi connectivity index (χ1n) is 14.7. The Morgan fingerprint density at radius 2 is 1.58 bits per heavy atom. The molecule has 0 bridgehead atoms. The van der Waals surface area contributed by atoms with Gasteiger partial charge in [-0.1, -0.05) is 68.4 Å². The number of fused-ring (bicyclic) bond motifs is 2. The first-order chi connectivity index (χ1) is 20.3. The van der Waals surface area contributed by atoms with Gasteiger partial charge in [0.1, 0.15) is 17.7 Å². The standard InChI is InChI=1S/C34H42N4O5/c1-22(2)19-30(39)37-21-27(35-31(40)23(3)36(7)33(42)43-34(4,5)6)32(41)38(29-18-11-10-17-28(29)37)20-25-15-12-14-24-13-8-9-16-26(24)25/h8-18,22-23,27H,19-21H2,1-7H3,(H,35,40)/t23-,27-/m0/s1. The molecule has 43 heavy (non-hydrogen) atoms. The Labute approximate surface area is 253 Å². The van der Waals surface area contributed by atoms with E-state index in [2.05, 4.69) is 5.32 Å². The van der Waals surface area contributed by atoms with E-state index in [0.717, 1.165) is 16.3 Å². The Morgan fingerprint density at radius 1 is 0.953 bits per heavy atom. The number of ether oxygens (including phenoxy) is 1. The maximum atomic E-state index is 14.4. The molecule has 2 atom stereocenters. The van der Waals surface area contributed by atoms with Gasteiger partial charge in [-0.3, -0.25) is 19.3 Å². The van der Waals surface area contributed by atoms with Crippen LogP contribution in [0.25, 0.3) is 10.8 Å². The minimum atomic E-state index is -1.06. The van der Waals surface area contributed by atoms with E-state index in [-0.39, 0.29) is 37.2 Å². The second-order valence-electron chi connectivity index (χ2n) is 12.5. The van der Waals surface area contributed by atoms with Crippen molar-refractivity contribution in [2.24, 2.45) is 5.92 Å². The summed E-state index contributed by atoms with van der Waals surface area (Å²) in [5.41, 5.74) is 1.40. The number of hydrogen-bond acceptors (Lipinski definition) is 5. The molecule has 0 fully saturated rings. The van der Waals surface area contributed by atoms with Gasteiger partial charge in [0, 0.05) is 13.5 Å². The summed E-state index contributed by atoms with van der Waals surface area (Å²) in [5.74, 6) is -0.916. The van der Waals surface area contributed by atoms with Crippen LogP contribution in [0.3, 0.4) is 0 Å². The molecule has 1 heterocycles. The summed E-state index contributed by atoms with van der Waals surface area (Å²) in [5, 5.41) is 4.92. The molecule has 228 valence electrons. The third-order valence-electron chi connectivity index (χ3n) is 7.44. The van der Waals surface area contributed by atoms with E-state index in [1.54, 1.807) is 37.5 Å². The summed E-state index contributed by atoms with van der Waals surface area (Å²) in [6.45, 7) is 11.0. The number of anilines is 2. The fourth-order valence-electron chi connectivity index (χ4n) is 5.11. The Morgan fingerprint density at radius 3 is 2.26 bits per heavy atom. The van der Waals surface area contributed by atoms with Crippen molar-refractivity contribution in [3.05, 3.63) is 72.3 Å². The van der Waals surface area contributed by atoms with E-state index >= 15 is 0 Å². The van der Waals surface area contributed by atoms with Gasteiger partial charge < -0.3 is 19.9 Å². The maximum absolute atomic E-state index is 14.4. The molecule has 9 nitrogen and oxygen atoms in total. The molecule has 4 rings (SSSR count). The molecular weight excluding hydrogens is 544 g/mol. The predicted octanol–water partition coefficient (Wildman–Crippen LogP) is 5.51. The average Bonchev–Trinajstić information content (AvgIpc) is 3.06. The number of carbonyl (C=O) groups is 4. The van der Waals surface area contributed by atoms with Crippen molar-refractivity contribution in [1.29, 1.82) is 0 Å². The summed E-state index contributed by atoms with van der Waals surface area (Å²) >= 11 is 0. The van der Waals surface area contributed by atoms with Crippen LogP contribution >= 0.6 is 0 Å². The van der Waals surface area contributed by atoms with Crippen LogP contribution in [-0.4, -0.2) is 60.0 Å². The molecule has 1 N–H and O–H groups in total. The van der Waals surface area contributed by atoms with Crippen LogP contribution in [0.1, 0.15) is 53.5 Å². The van der Waals surface area contributed by atoms with Gasteiger partial charge in [-0.2, -0.15) is 0 Å². The molecule has 0 spiro atoms. The second kappa shape index (κ2) is 12.9. The lowest BCUT2D eigenvalue weighted by atomic mass is 10.0. The fourth-order valence-corrected chi connectivity index (χ4v) is 5.11. The van der Waals surface area contributed by atoms with Gasteiger partial charge in [-0.05, 0) is 62.1 Å². The van der Waals surface area contributed by atoms with Crippen LogP contribution in [0.15, 0.2) is 66.7 Å². The predicted molar refractivity (Wildman–Crippen MR) is 169 cm³/mol. The van der Waals surface area contributed by atoms with E-state index in [1.807, 2.05) is 80.6 Å². The number of benzene rings is 3. The SMILES string of the molecule is CC(C)CC(=O)N1C[C@H](NC(=O)[C@H](C)N(C)C(=O)OC(C)(C)C)C(=O)N(Cc2cccc3ccccc23)c2ccccc21. The van der Waals surface area contributed by atoms with Crippen molar-refractivity contribution >= 4 is 46.0 Å². The van der Waals surface area contributed by atoms with E-state index < -0.39 is 29.7 Å². The summed E-state index contributed by atoms with van der Waals surface area (Å²) in [4.78, 5) is 58.6. The van der Waals surface area contributed by atoms with Gasteiger partial charge in [0.05, 0.1) is 24.5 Å². The van der Waals surface area contributed by atoms with Crippen molar-refractivity contribution < 1.29 is 23.9 Å². The number of para-hydroxylation sites is 2. The highest BCUT2D eigenvalue weighted by atomic mass is 16.6. The van der Waals surface area contributed by atoms with Crippen LogP contribution in [0.5, 0.6) is 0 Å². The minimum Gasteiger partial charge on any atom is -0.444 e. The van der Waals surface area contributed by atoms with E-state index in [0.29, 0.717) is 11.4 Å². The number of amides is 4. The minimum absolute atomic E-state index is 0.0396. The number of carbonyl (C=O) groups excluding carboxylic acids is 4. The first-order valence-corrected chi connectivity index (χ1v) is 14.7. The molecule has 1 aliphatic heterocycles. The maximum Gasteiger partial charge on any atom is 0.410 e. The van der Waals surface area contributed by atoms with Gasteiger partial charge in [0.2, 0.25) is 11.8 Å². The van der Waals surface area contributed by atoms with E-state index in [4.69, 9.17) is 4.74 Å². The molecule has 0 saturated carbocycles. The highest BCUT2D eigenvalue weighted by Crippen LogP contribution is 2.35. The van der Waals surface area contributed by atoms with Crippen LogP contribution in [0.4, 0.5) is 16.2 Å². The summed E-state index contributed by atoms with van der Waals surface area (Å²) < 4.78 is 5.43. The molecule has 4 amide bonds. The number of likely N-dealkylation sites (N-methyl/N-ethyl adjacent to an activating group) is 1. The average molecular weight is 587 g/mol. The van der Waals surface area contributed by atoms with Crippen molar-refractivity contribution in [3.8, 4) is 0 Å². The molecule has 0 saturated heterocycles. The number of rotatable bonds is 7. The fraction of sp³-hybridized carbons (Fsp3) is 0.412. The number of hydrogen-bond donors (Lipinski definition) is 1. The molecule has 0 aromatic heterocycles. The van der Waals surface area contributed by atoms with Gasteiger partial charge in [0.25, 0.3) is 5.91 Å². The van der Waals surface area contributed by atoms with E-state index in [1.165, 1.54) is 11.9 Å². The zero-order valence-electron chi connectivity index (χ0n) is 26.1. The molecule has 9 heteroatoms. The topological polar surface area (TPSA) is 99.3 Å². The van der Waals surface area contributed by atoms with Crippen molar-refractivity contribution in [3.63, 3.8) is 0 Å². The van der Waals surface area contributed by atoms with Gasteiger partial charge in [-0.25, -0.2) is 4.79 Å². The normalized spacial score (nSPS) is 16.0. The Bertz CT molecular complexity index is 1510. The molecule has 3 aromatic carbocycles. The van der Waals surface area contributed by atoms with Crippen LogP contribution in [0, 0.1) is 5.92 Å². The summed E-state index contributed by atoms with van der Waals surface area (Å²) in [6, 6.07) is 19.3. The Balaban J connectivity index is 1.72. The zero-order valence-corrected chi connectivity index (χ0v) is 26.1. The van der Waals surface area contributed by atoms with E-state index in [9.17, 15) is 19.2 Å². The molecule has 0 aliphatic carbocycles. The molecule has 0 radical (unpaired) electrons. The van der Waals surface area contributed by atoms with Crippen LogP contribution in [0.2, 0.25) is 0 Å². The highest BCUT2D eigenvalue weighted by Gasteiger charge is 2.38. The van der Waals surface area contributed by atoms with Crippen molar-refractivity contribution in [1.82, 2.24) is 10.2 Å². The van der Waals surface area contributed by atoms with Gasteiger partial charge in [-0.15, -0.1) is 0 Å². The molecular formula is C34H42N4O5. The lowest BCUT2D eigenvalue weighted by molar-refractivity contribution is -0.130. The monoisotopic (exact) mass is 586 g/mol. The quantitative estimate of drug-likeness (QED) is 0.394. The molecule has 3 aromatic rings. The Kier molecular flexibility index (Phi) is 9.43. The highest BCUT2D eigenvalue weighted by molar-refractivity contribution is 6.08. The summed E-state index contributed by atoms with van der Waals surface area (Å²) in [6.07, 6.45) is -0.370. The molecule has 1 aliphatic rings. The largest absolute Gasteiger partial charge is 0.444 e. The first kappa shape index (κ1) is 31.5. The van der Waals surface area contributed by atoms with Crippen molar-refractivity contribution in [2.75, 3.05) is 23.4 Å². The van der Waals surface area contributed by atoms with Crippen molar-refractivity contribution in [2.45, 2.75) is 72.2 Å². The third-order valence-corrected chi connectivity index (χ3v) is 7.44. The van der Waals surface area contributed by atoms with Gasteiger partial charge in [0.15, 0.2) is 0 Å². The second-order valence-corrected chi connectivity index (χ2v) is 12.5. The lowest BCUT2D eigenvalue weighted by Gasteiger charge is -2.30. The zero-order chi connectivity index (χ0) is 31.5. The van der Waals surface area contributed by atoms with Gasteiger partial charge >= 0.3 is 6.09 Å². The smallest absolute Gasteiger partial charge is 0.410 e. The third kappa shape index (κ3) is 7.34. The lowest BCUT2D eigenvalue weighted by Crippen LogP contribution is -2.57. The Hall–Kier alpha value is -4.40. The van der Waals surface area contributed by atoms with Crippen LogP contribution in [-0.2, 0) is 25.7 Å². The summed E-state index contributed by atoms with van der Waals surface area (Å²) in [7, 11) is 1.48. The molecule has 0 unspecified atom stereocenters. The number of nitrogens with zero attached hydrogens (tertiary/aromatic N) is 3.